The van der Waals surface area contributed by atoms with E-state index in [2.05, 4.69) is 0 Å². The molecule has 2 aromatic rings. The van der Waals surface area contributed by atoms with Crippen LogP contribution in [0.3, 0.4) is 0 Å². The Morgan fingerprint density at radius 1 is 1.20 bits per heavy atom. The molecule has 0 radical (unpaired) electrons. The van der Waals surface area contributed by atoms with Crippen molar-refractivity contribution in [1.82, 2.24) is 0 Å². The van der Waals surface area contributed by atoms with Crippen molar-refractivity contribution in [2.24, 2.45) is 0 Å². The van der Waals surface area contributed by atoms with Crippen LogP contribution in [-0.4, -0.2) is 11.5 Å². The second-order valence-corrected chi connectivity index (χ2v) is 3.88. The predicted molar refractivity (Wildman–Crippen MR) is 70.7 cm³/mol. The van der Waals surface area contributed by atoms with Gasteiger partial charge in [0.25, 0.3) is 5.69 Å². The van der Waals surface area contributed by atoms with Crippen LogP contribution in [0.5, 0.6) is 17.2 Å². The van der Waals surface area contributed by atoms with Gasteiger partial charge in [0.15, 0.2) is 11.5 Å². The van der Waals surface area contributed by atoms with Gasteiger partial charge in [-0.3, -0.25) is 10.1 Å². The first kappa shape index (κ1) is 13.8. The first-order chi connectivity index (χ1) is 9.60. The minimum absolute atomic E-state index is 0.0452. The van der Waals surface area contributed by atoms with Gasteiger partial charge in [-0.25, -0.2) is 4.39 Å². The number of nitrogens with zero attached hydrogens (tertiary/aromatic N) is 1. The summed E-state index contributed by atoms with van der Waals surface area (Å²) in [6.07, 6.45) is 0. The van der Waals surface area contributed by atoms with Gasteiger partial charge in [0, 0.05) is 6.07 Å². The van der Waals surface area contributed by atoms with Crippen LogP contribution in [0.1, 0.15) is 6.92 Å². The molecule has 0 unspecified atom stereocenters. The number of hydrogen-bond acceptors (Lipinski definition) is 4. The Hall–Kier alpha value is -2.63. The predicted octanol–water partition coefficient (Wildman–Crippen LogP) is 3.92. The summed E-state index contributed by atoms with van der Waals surface area (Å²) in [5.74, 6) is 0.170. The SMILES string of the molecule is CCOc1ccccc1Oc1cc(F)cc([N+](=O)[O-])c1. The van der Waals surface area contributed by atoms with Crippen LogP contribution in [0.2, 0.25) is 0 Å². The number of hydrogen-bond donors (Lipinski definition) is 0. The zero-order valence-electron chi connectivity index (χ0n) is 10.7. The fourth-order valence-electron chi connectivity index (χ4n) is 1.65. The maximum atomic E-state index is 13.3. The van der Waals surface area contributed by atoms with Gasteiger partial charge in [-0.1, -0.05) is 12.1 Å². The van der Waals surface area contributed by atoms with Crippen LogP contribution in [0.15, 0.2) is 42.5 Å². The van der Waals surface area contributed by atoms with Gasteiger partial charge in [0.05, 0.1) is 23.7 Å². The summed E-state index contributed by atoms with van der Waals surface area (Å²) in [6, 6.07) is 9.91. The second-order valence-electron chi connectivity index (χ2n) is 3.88. The minimum atomic E-state index is -0.733. The number of nitro groups is 1. The molecule has 6 heteroatoms. The quantitative estimate of drug-likeness (QED) is 0.613. The monoisotopic (exact) mass is 277 g/mol. The van der Waals surface area contributed by atoms with Crippen LogP contribution in [0.4, 0.5) is 10.1 Å². The van der Waals surface area contributed by atoms with Crippen LogP contribution < -0.4 is 9.47 Å². The maximum Gasteiger partial charge on any atom is 0.276 e. The number of non-ortho nitro benzene ring substituents is 1. The molecular weight excluding hydrogens is 265 g/mol. The molecule has 0 N–H and O–H groups in total. The van der Waals surface area contributed by atoms with Gasteiger partial charge >= 0.3 is 0 Å². The van der Waals surface area contributed by atoms with Crippen molar-refractivity contribution in [2.45, 2.75) is 6.92 Å². The Kier molecular flexibility index (Phi) is 4.14. The highest BCUT2D eigenvalue weighted by atomic mass is 19.1. The van der Waals surface area contributed by atoms with Gasteiger partial charge in [-0.2, -0.15) is 0 Å². The molecule has 0 aliphatic heterocycles. The molecule has 0 saturated heterocycles. The first-order valence-electron chi connectivity index (χ1n) is 5.95. The summed E-state index contributed by atoms with van der Waals surface area (Å²) in [4.78, 5) is 10.0. The lowest BCUT2D eigenvalue weighted by Crippen LogP contribution is -1.96. The van der Waals surface area contributed by atoms with E-state index in [1.165, 1.54) is 0 Å². The van der Waals surface area contributed by atoms with E-state index >= 15 is 0 Å². The summed E-state index contributed by atoms with van der Waals surface area (Å²) in [6.45, 7) is 2.27. The fourth-order valence-corrected chi connectivity index (χ4v) is 1.65. The zero-order valence-corrected chi connectivity index (χ0v) is 10.7. The Morgan fingerprint density at radius 3 is 2.55 bits per heavy atom. The van der Waals surface area contributed by atoms with E-state index in [9.17, 15) is 14.5 Å². The third-order valence-corrected chi connectivity index (χ3v) is 2.44. The van der Waals surface area contributed by atoms with Gasteiger partial charge in [0.1, 0.15) is 11.6 Å². The summed E-state index contributed by atoms with van der Waals surface area (Å²) >= 11 is 0. The summed E-state index contributed by atoms with van der Waals surface area (Å²) in [5.41, 5.74) is -0.367. The number of ether oxygens (including phenoxy) is 2. The molecule has 0 aliphatic carbocycles. The Bertz CT molecular complexity index is 630. The molecule has 0 bridgehead atoms. The van der Waals surface area contributed by atoms with Crippen molar-refractivity contribution in [3.63, 3.8) is 0 Å². The molecule has 0 spiro atoms. The van der Waals surface area contributed by atoms with Crippen LogP contribution in [0.25, 0.3) is 0 Å². The summed E-state index contributed by atoms with van der Waals surface area (Å²) in [7, 11) is 0. The molecule has 0 aliphatic rings. The van der Waals surface area contributed by atoms with Crippen molar-refractivity contribution in [1.29, 1.82) is 0 Å². The van der Waals surface area contributed by atoms with Crippen molar-refractivity contribution >= 4 is 5.69 Å². The maximum absolute atomic E-state index is 13.3. The molecule has 5 nitrogen and oxygen atoms in total. The normalized spacial score (nSPS) is 10.1. The molecule has 2 aromatic carbocycles. The average Bonchev–Trinajstić information content (AvgIpc) is 2.40. The van der Waals surface area contributed by atoms with E-state index in [1.54, 1.807) is 24.3 Å². The second kappa shape index (κ2) is 6.01. The fraction of sp³-hybridized carbons (Fsp3) is 0.143. The van der Waals surface area contributed by atoms with E-state index < -0.39 is 10.7 Å². The van der Waals surface area contributed by atoms with E-state index in [1.807, 2.05) is 6.92 Å². The molecule has 20 heavy (non-hydrogen) atoms. The van der Waals surface area contributed by atoms with Gasteiger partial charge in [0.2, 0.25) is 0 Å². The topological polar surface area (TPSA) is 61.6 Å². The molecule has 0 amide bonds. The van der Waals surface area contributed by atoms with Crippen LogP contribution in [0, 0.1) is 15.9 Å². The Labute approximate surface area is 114 Å². The lowest BCUT2D eigenvalue weighted by molar-refractivity contribution is -0.385. The number of halogens is 1. The lowest BCUT2D eigenvalue weighted by Gasteiger charge is -2.11. The molecular formula is C14H12FNO4. The standard InChI is InChI=1S/C14H12FNO4/c1-2-19-13-5-3-4-6-14(13)20-12-8-10(15)7-11(9-12)16(17)18/h3-9H,2H2,1H3. The highest BCUT2D eigenvalue weighted by molar-refractivity contribution is 5.45. The number of nitro benzene ring substituents is 1. The van der Waals surface area contributed by atoms with Crippen molar-refractivity contribution in [2.75, 3.05) is 6.61 Å². The smallest absolute Gasteiger partial charge is 0.276 e. The van der Waals surface area contributed by atoms with Crippen LogP contribution >= 0.6 is 0 Å². The molecule has 0 atom stereocenters. The largest absolute Gasteiger partial charge is 0.490 e. The van der Waals surface area contributed by atoms with Gasteiger partial charge in [-0.15, -0.1) is 0 Å². The van der Waals surface area contributed by atoms with Gasteiger partial charge < -0.3 is 9.47 Å². The Balaban J connectivity index is 2.32. The average molecular weight is 277 g/mol. The molecule has 0 aromatic heterocycles. The molecule has 0 heterocycles. The van der Waals surface area contributed by atoms with E-state index in [-0.39, 0.29) is 11.4 Å². The molecule has 0 saturated carbocycles. The highest BCUT2D eigenvalue weighted by Crippen LogP contribution is 2.33. The minimum Gasteiger partial charge on any atom is -0.490 e. The third-order valence-electron chi connectivity index (χ3n) is 2.44. The van der Waals surface area contributed by atoms with E-state index in [0.717, 1.165) is 18.2 Å². The van der Waals surface area contributed by atoms with E-state index in [4.69, 9.17) is 9.47 Å². The molecule has 0 fully saturated rings. The molecule has 2 rings (SSSR count). The van der Waals surface area contributed by atoms with Crippen LogP contribution in [-0.2, 0) is 0 Å². The summed E-state index contributed by atoms with van der Waals surface area (Å²) in [5, 5.41) is 10.7. The lowest BCUT2D eigenvalue weighted by atomic mass is 10.3. The first-order valence-corrected chi connectivity index (χ1v) is 5.95. The zero-order chi connectivity index (χ0) is 14.5. The van der Waals surface area contributed by atoms with Crippen molar-refractivity contribution < 1.29 is 18.8 Å². The van der Waals surface area contributed by atoms with E-state index in [0.29, 0.717) is 18.1 Å². The number of para-hydroxylation sites is 2. The van der Waals surface area contributed by atoms with Gasteiger partial charge in [-0.05, 0) is 19.1 Å². The third kappa shape index (κ3) is 3.23. The highest BCUT2D eigenvalue weighted by Gasteiger charge is 2.12. The number of rotatable bonds is 5. The Morgan fingerprint density at radius 2 is 1.90 bits per heavy atom. The number of benzene rings is 2. The molecule has 104 valence electrons. The van der Waals surface area contributed by atoms with Crippen molar-refractivity contribution in [3.05, 3.63) is 58.4 Å². The summed E-state index contributed by atoms with van der Waals surface area (Å²) < 4.78 is 24.2. The van der Waals surface area contributed by atoms with Crippen molar-refractivity contribution in [3.8, 4) is 17.2 Å².